The van der Waals surface area contributed by atoms with E-state index in [-0.39, 0.29) is 6.29 Å². The van der Waals surface area contributed by atoms with E-state index in [1.54, 1.807) is 0 Å². The van der Waals surface area contributed by atoms with Crippen molar-refractivity contribution in [2.45, 2.75) is 31.4 Å². The molecule has 0 saturated carbocycles. The molecule has 1 atom stereocenters. The summed E-state index contributed by atoms with van der Waals surface area (Å²) in [6.45, 7) is 0.805. The van der Waals surface area contributed by atoms with Crippen molar-refractivity contribution in [3.63, 3.8) is 0 Å². The third kappa shape index (κ3) is 3.11. The molecular formula is C12H15ClO2. The molecule has 1 aliphatic rings. The van der Waals surface area contributed by atoms with E-state index in [1.165, 1.54) is 6.42 Å². The van der Waals surface area contributed by atoms with Crippen LogP contribution in [-0.2, 0) is 10.6 Å². The topological polar surface area (TPSA) is 18.5 Å². The highest BCUT2D eigenvalue weighted by Crippen LogP contribution is 2.20. The Morgan fingerprint density at radius 3 is 3.07 bits per heavy atom. The normalized spacial score (nSPS) is 21.3. The third-order valence-electron chi connectivity index (χ3n) is 2.46. The molecule has 2 nitrogen and oxygen atoms in total. The first kappa shape index (κ1) is 10.8. The van der Waals surface area contributed by atoms with E-state index in [2.05, 4.69) is 0 Å². The van der Waals surface area contributed by atoms with Crippen LogP contribution in [0, 0.1) is 0 Å². The lowest BCUT2D eigenvalue weighted by atomic mass is 10.2. The molecule has 0 amide bonds. The molecule has 15 heavy (non-hydrogen) atoms. The second kappa shape index (κ2) is 5.38. The lowest BCUT2D eigenvalue weighted by Crippen LogP contribution is -2.24. The Hall–Kier alpha value is -0.730. The van der Waals surface area contributed by atoms with Gasteiger partial charge in [-0.2, -0.15) is 0 Å². The maximum atomic E-state index is 5.75. The molecule has 0 aromatic heterocycles. The van der Waals surface area contributed by atoms with Gasteiger partial charge in [-0.25, -0.2) is 0 Å². The first-order chi connectivity index (χ1) is 7.38. The summed E-state index contributed by atoms with van der Waals surface area (Å²) in [5.41, 5.74) is 1.07. The summed E-state index contributed by atoms with van der Waals surface area (Å²) < 4.78 is 11.2. The molecule has 1 aliphatic heterocycles. The van der Waals surface area contributed by atoms with Gasteiger partial charge in [-0.3, -0.25) is 0 Å². The number of ether oxygens (including phenoxy) is 2. The predicted molar refractivity (Wildman–Crippen MR) is 60.2 cm³/mol. The van der Waals surface area contributed by atoms with Crippen LogP contribution in [0.4, 0.5) is 0 Å². The van der Waals surface area contributed by atoms with Crippen molar-refractivity contribution >= 4 is 11.6 Å². The van der Waals surface area contributed by atoms with Crippen molar-refractivity contribution < 1.29 is 9.47 Å². The van der Waals surface area contributed by atoms with Gasteiger partial charge in [-0.15, -0.1) is 11.6 Å². The van der Waals surface area contributed by atoms with E-state index < -0.39 is 0 Å². The van der Waals surface area contributed by atoms with Gasteiger partial charge < -0.3 is 9.47 Å². The van der Waals surface area contributed by atoms with Gasteiger partial charge in [-0.1, -0.05) is 12.1 Å². The van der Waals surface area contributed by atoms with E-state index in [4.69, 9.17) is 21.1 Å². The molecular weight excluding hydrogens is 212 g/mol. The Morgan fingerprint density at radius 2 is 2.33 bits per heavy atom. The molecule has 0 aliphatic carbocycles. The molecule has 1 saturated heterocycles. The largest absolute Gasteiger partial charge is 0.465 e. The van der Waals surface area contributed by atoms with Crippen molar-refractivity contribution in [3.8, 4) is 5.75 Å². The zero-order valence-electron chi connectivity index (χ0n) is 8.62. The number of hydrogen-bond donors (Lipinski definition) is 0. The van der Waals surface area contributed by atoms with E-state index in [9.17, 15) is 0 Å². The number of alkyl halides is 1. The third-order valence-corrected chi connectivity index (χ3v) is 2.77. The molecule has 1 aromatic rings. The predicted octanol–water partition coefficient (Wildman–Crippen LogP) is 3.33. The van der Waals surface area contributed by atoms with Gasteiger partial charge in [0.2, 0.25) is 0 Å². The number of hydrogen-bond acceptors (Lipinski definition) is 2. The summed E-state index contributed by atoms with van der Waals surface area (Å²) in [7, 11) is 0. The molecule has 0 spiro atoms. The van der Waals surface area contributed by atoms with Gasteiger partial charge in [0.15, 0.2) is 6.29 Å². The lowest BCUT2D eigenvalue weighted by molar-refractivity contribution is -0.105. The van der Waals surface area contributed by atoms with Crippen LogP contribution < -0.4 is 4.74 Å². The smallest absolute Gasteiger partial charge is 0.199 e. The van der Waals surface area contributed by atoms with Crippen molar-refractivity contribution in [3.05, 3.63) is 29.8 Å². The summed E-state index contributed by atoms with van der Waals surface area (Å²) in [6.07, 6.45) is 3.22. The average Bonchev–Trinajstić information content (AvgIpc) is 2.31. The molecule has 0 N–H and O–H groups in total. The molecule has 2 rings (SSSR count). The van der Waals surface area contributed by atoms with Gasteiger partial charge in [0.25, 0.3) is 0 Å². The summed E-state index contributed by atoms with van der Waals surface area (Å²) in [5.74, 6) is 1.36. The van der Waals surface area contributed by atoms with Gasteiger partial charge in [0.05, 0.1) is 6.61 Å². The molecule has 0 bridgehead atoms. The second-order valence-corrected chi connectivity index (χ2v) is 3.96. The Balaban J connectivity index is 1.96. The van der Waals surface area contributed by atoms with E-state index in [1.807, 2.05) is 24.3 Å². The van der Waals surface area contributed by atoms with Crippen LogP contribution in [-0.4, -0.2) is 12.9 Å². The second-order valence-electron chi connectivity index (χ2n) is 3.70. The zero-order chi connectivity index (χ0) is 10.5. The van der Waals surface area contributed by atoms with Crippen molar-refractivity contribution in [2.75, 3.05) is 6.61 Å². The van der Waals surface area contributed by atoms with E-state index in [0.717, 1.165) is 30.8 Å². The molecule has 3 heteroatoms. The average molecular weight is 227 g/mol. The van der Waals surface area contributed by atoms with Crippen molar-refractivity contribution in [1.82, 2.24) is 0 Å². The van der Waals surface area contributed by atoms with Gasteiger partial charge in [-0.05, 0) is 30.5 Å². The fourth-order valence-corrected chi connectivity index (χ4v) is 1.82. The summed E-state index contributed by atoms with van der Waals surface area (Å²) in [6, 6.07) is 7.84. The highest BCUT2D eigenvalue weighted by Gasteiger charge is 2.14. The first-order valence-corrected chi connectivity index (χ1v) is 5.85. The lowest BCUT2D eigenvalue weighted by Gasteiger charge is -2.23. The van der Waals surface area contributed by atoms with Crippen molar-refractivity contribution in [1.29, 1.82) is 0 Å². The van der Waals surface area contributed by atoms with Crippen LogP contribution >= 0.6 is 11.6 Å². The van der Waals surface area contributed by atoms with Crippen LogP contribution in [0.5, 0.6) is 5.75 Å². The number of rotatable bonds is 3. The van der Waals surface area contributed by atoms with E-state index in [0.29, 0.717) is 5.88 Å². The van der Waals surface area contributed by atoms with Gasteiger partial charge in [0, 0.05) is 12.3 Å². The fourth-order valence-electron chi connectivity index (χ4n) is 1.66. The first-order valence-electron chi connectivity index (χ1n) is 5.31. The molecule has 1 unspecified atom stereocenters. The molecule has 0 radical (unpaired) electrons. The van der Waals surface area contributed by atoms with Gasteiger partial charge >= 0.3 is 0 Å². The molecule has 1 fully saturated rings. The Morgan fingerprint density at radius 1 is 1.40 bits per heavy atom. The van der Waals surface area contributed by atoms with Crippen LogP contribution in [0.3, 0.4) is 0 Å². The van der Waals surface area contributed by atoms with Crippen LogP contribution in [0.1, 0.15) is 24.8 Å². The van der Waals surface area contributed by atoms with Crippen LogP contribution in [0.2, 0.25) is 0 Å². The van der Waals surface area contributed by atoms with Crippen LogP contribution in [0.25, 0.3) is 0 Å². The molecule has 1 aromatic carbocycles. The molecule has 1 heterocycles. The number of halogens is 1. The minimum atomic E-state index is -0.0793. The van der Waals surface area contributed by atoms with Gasteiger partial charge in [0.1, 0.15) is 5.75 Å². The Labute approximate surface area is 95.1 Å². The SMILES string of the molecule is ClCc1cccc(OC2CCCCO2)c1. The van der Waals surface area contributed by atoms with Crippen molar-refractivity contribution in [2.24, 2.45) is 0 Å². The zero-order valence-corrected chi connectivity index (χ0v) is 9.37. The minimum Gasteiger partial charge on any atom is -0.465 e. The Bertz CT molecular complexity index is 308. The quantitative estimate of drug-likeness (QED) is 0.736. The fraction of sp³-hybridized carbons (Fsp3) is 0.500. The minimum absolute atomic E-state index is 0.0793. The standard InChI is InChI=1S/C12H15ClO2/c13-9-10-4-3-5-11(8-10)15-12-6-1-2-7-14-12/h3-5,8,12H,1-2,6-7,9H2. The number of benzene rings is 1. The summed E-state index contributed by atoms with van der Waals surface area (Å²) in [5, 5.41) is 0. The maximum absolute atomic E-state index is 5.75. The highest BCUT2D eigenvalue weighted by molar-refractivity contribution is 6.17. The molecule has 82 valence electrons. The highest BCUT2D eigenvalue weighted by atomic mass is 35.5. The van der Waals surface area contributed by atoms with E-state index >= 15 is 0 Å². The maximum Gasteiger partial charge on any atom is 0.199 e. The monoisotopic (exact) mass is 226 g/mol. The summed E-state index contributed by atoms with van der Waals surface area (Å²) in [4.78, 5) is 0. The Kier molecular flexibility index (Phi) is 3.87. The van der Waals surface area contributed by atoms with Crippen LogP contribution in [0.15, 0.2) is 24.3 Å². The summed E-state index contributed by atoms with van der Waals surface area (Å²) >= 11 is 5.75.